The molecule has 0 unspecified atom stereocenters. The normalized spacial score (nSPS) is 49.0. The number of hydrogen-bond acceptors (Lipinski definition) is 7. The zero-order valence-corrected chi connectivity index (χ0v) is 21.3. The van der Waals surface area contributed by atoms with E-state index < -0.39 is 51.7 Å². The van der Waals surface area contributed by atoms with Crippen LogP contribution in [0.15, 0.2) is 34.9 Å². The number of ketones is 1. The minimum Gasteiger partial charge on any atom is -0.455 e. The third-order valence-corrected chi connectivity index (χ3v) is 11.2. The molecule has 1 heterocycles. The van der Waals surface area contributed by atoms with Crippen molar-refractivity contribution in [1.29, 1.82) is 0 Å². The average molecular weight is 487 g/mol. The summed E-state index contributed by atoms with van der Waals surface area (Å²) in [6, 6.07) is 0. The lowest BCUT2D eigenvalue weighted by molar-refractivity contribution is -0.282. The number of cyclic esters (lactones) is 1. The van der Waals surface area contributed by atoms with Gasteiger partial charge in [-0.25, -0.2) is 4.79 Å². The van der Waals surface area contributed by atoms with Gasteiger partial charge in [-0.2, -0.15) is 0 Å². The molecular weight excluding hydrogens is 448 g/mol. The summed E-state index contributed by atoms with van der Waals surface area (Å²) in [5, 5.41) is 47.6. The van der Waals surface area contributed by atoms with Crippen LogP contribution in [0.1, 0.15) is 73.1 Å². The molecule has 0 amide bonds. The third-order valence-electron chi connectivity index (χ3n) is 11.2. The van der Waals surface area contributed by atoms with Crippen molar-refractivity contribution in [3.8, 4) is 0 Å². The molecule has 3 fully saturated rings. The van der Waals surface area contributed by atoms with Gasteiger partial charge < -0.3 is 25.2 Å². The quantitative estimate of drug-likeness (QED) is 0.442. The number of hydrogen-bond donors (Lipinski definition) is 4. The van der Waals surface area contributed by atoms with Crippen LogP contribution in [-0.4, -0.2) is 61.2 Å². The van der Waals surface area contributed by atoms with Crippen LogP contribution in [0, 0.1) is 22.7 Å². The van der Waals surface area contributed by atoms with E-state index in [-0.39, 0.29) is 31.0 Å². The molecule has 1 aliphatic heterocycles. The van der Waals surface area contributed by atoms with Crippen molar-refractivity contribution < 1.29 is 34.8 Å². The van der Waals surface area contributed by atoms with Gasteiger partial charge in [0.25, 0.3) is 0 Å². The first-order chi connectivity index (χ1) is 16.1. The van der Waals surface area contributed by atoms with Crippen molar-refractivity contribution in [3.63, 3.8) is 0 Å². The summed E-state index contributed by atoms with van der Waals surface area (Å²) in [6.45, 7) is 8.70. The number of carbonyl (C=O) groups is 2. The Balaban J connectivity index is 1.55. The molecule has 192 valence electrons. The summed E-state index contributed by atoms with van der Waals surface area (Å²) in [5.41, 5.74) is -4.99. The molecule has 0 radical (unpaired) electrons. The van der Waals surface area contributed by atoms with Crippen LogP contribution < -0.4 is 0 Å². The number of rotatable bonds is 2. The molecular formula is C28H38O7. The Bertz CT molecular complexity index is 1080. The Morgan fingerprint density at radius 3 is 2.43 bits per heavy atom. The van der Waals surface area contributed by atoms with Gasteiger partial charge >= 0.3 is 5.97 Å². The van der Waals surface area contributed by atoms with E-state index in [9.17, 15) is 30.0 Å². The fourth-order valence-corrected chi connectivity index (χ4v) is 8.53. The van der Waals surface area contributed by atoms with Crippen molar-refractivity contribution in [2.24, 2.45) is 22.7 Å². The predicted octanol–water partition coefficient (Wildman–Crippen LogP) is 2.51. The van der Waals surface area contributed by atoms with Crippen LogP contribution in [0.25, 0.3) is 0 Å². The lowest BCUT2D eigenvalue weighted by atomic mass is 9.43. The molecule has 7 heteroatoms. The highest BCUT2D eigenvalue weighted by molar-refractivity contribution is 5.99. The molecule has 35 heavy (non-hydrogen) atoms. The standard InChI is InChI=1S/C28H38O7/c1-15-13-22(35-23(31)16(15)2)26(5,32)28(34)12-11-27(33)19-14-20(29)18-7-6-8-21(30)25(18,4)17(19)9-10-24(27,28)3/h6-8,17,19-20,22,29,32-34H,9-14H2,1-5H3/t17-,19+,20+,22-,24-,25+,26-,27+,28-/m0/s1. The van der Waals surface area contributed by atoms with Crippen LogP contribution in [0.5, 0.6) is 0 Å². The summed E-state index contributed by atoms with van der Waals surface area (Å²) < 4.78 is 5.61. The van der Waals surface area contributed by atoms with Crippen molar-refractivity contribution in [2.75, 3.05) is 0 Å². The maximum absolute atomic E-state index is 13.1. The molecule has 7 nitrogen and oxygen atoms in total. The number of allylic oxidation sites excluding steroid dienone is 3. The van der Waals surface area contributed by atoms with Crippen LogP contribution in [0.4, 0.5) is 0 Å². The summed E-state index contributed by atoms with van der Waals surface area (Å²) in [5.74, 6) is -1.20. The zero-order chi connectivity index (χ0) is 25.8. The van der Waals surface area contributed by atoms with Gasteiger partial charge in [-0.15, -0.1) is 0 Å². The van der Waals surface area contributed by atoms with Gasteiger partial charge in [0.1, 0.15) is 17.3 Å². The number of aliphatic hydroxyl groups is 4. The van der Waals surface area contributed by atoms with Crippen molar-refractivity contribution in [2.45, 2.75) is 102 Å². The van der Waals surface area contributed by atoms with Crippen LogP contribution >= 0.6 is 0 Å². The number of aliphatic hydroxyl groups excluding tert-OH is 1. The molecule has 0 aromatic rings. The molecule has 0 aromatic heterocycles. The fraction of sp³-hybridized carbons (Fsp3) is 0.714. The Morgan fingerprint density at radius 2 is 1.77 bits per heavy atom. The lowest BCUT2D eigenvalue weighted by Gasteiger charge is -2.64. The van der Waals surface area contributed by atoms with Gasteiger partial charge in [-0.3, -0.25) is 4.79 Å². The monoisotopic (exact) mass is 486 g/mol. The maximum atomic E-state index is 13.1. The van der Waals surface area contributed by atoms with Gasteiger partial charge in [0.15, 0.2) is 5.78 Å². The molecule has 3 saturated carbocycles. The SMILES string of the molecule is CC1=C(C)C(=O)O[C@H]([C@](C)(O)[C@]2(O)CC[C@@]3(O)[C@@H]4C[C@@H](O)C5=CC=CC(=O)[C@]5(C)[C@H]4CC[C@]23C)C1. The van der Waals surface area contributed by atoms with E-state index in [2.05, 4.69) is 0 Å². The number of carbonyl (C=O) groups excluding carboxylic acids is 2. The van der Waals surface area contributed by atoms with Gasteiger partial charge in [0.05, 0.1) is 17.1 Å². The van der Waals surface area contributed by atoms with Gasteiger partial charge in [0.2, 0.25) is 0 Å². The zero-order valence-electron chi connectivity index (χ0n) is 21.3. The topological polar surface area (TPSA) is 124 Å². The highest BCUT2D eigenvalue weighted by atomic mass is 16.6. The van der Waals surface area contributed by atoms with E-state index in [0.29, 0.717) is 30.4 Å². The molecule has 9 atom stereocenters. The van der Waals surface area contributed by atoms with Crippen LogP contribution in [0.3, 0.4) is 0 Å². The van der Waals surface area contributed by atoms with E-state index in [1.807, 2.05) is 26.8 Å². The van der Waals surface area contributed by atoms with Crippen LogP contribution in [0.2, 0.25) is 0 Å². The van der Waals surface area contributed by atoms with Gasteiger partial charge in [0, 0.05) is 17.4 Å². The van der Waals surface area contributed by atoms with Crippen LogP contribution in [-0.2, 0) is 14.3 Å². The van der Waals surface area contributed by atoms with E-state index in [1.165, 1.54) is 6.92 Å². The van der Waals surface area contributed by atoms with E-state index in [1.54, 1.807) is 19.1 Å². The smallest absolute Gasteiger partial charge is 0.334 e. The Kier molecular flexibility index (Phi) is 5.24. The molecule has 0 bridgehead atoms. The Labute approximate surface area is 206 Å². The number of fused-ring (bicyclic) bond motifs is 5. The van der Waals surface area contributed by atoms with Crippen molar-refractivity contribution in [1.82, 2.24) is 0 Å². The molecule has 0 saturated heterocycles. The summed E-state index contributed by atoms with van der Waals surface area (Å²) in [4.78, 5) is 25.6. The second kappa shape index (κ2) is 7.37. The third kappa shape index (κ3) is 2.81. The predicted molar refractivity (Wildman–Crippen MR) is 128 cm³/mol. The maximum Gasteiger partial charge on any atom is 0.334 e. The first-order valence-electron chi connectivity index (χ1n) is 12.8. The molecule has 5 aliphatic rings. The van der Waals surface area contributed by atoms with E-state index in [0.717, 1.165) is 5.57 Å². The van der Waals surface area contributed by atoms with Gasteiger partial charge in [-0.1, -0.05) is 24.6 Å². The average Bonchev–Trinajstić information content (AvgIpc) is 3.01. The molecule has 4 aliphatic carbocycles. The number of ether oxygens (including phenoxy) is 1. The molecule has 0 spiro atoms. The van der Waals surface area contributed by atoms with Crippen molar-refractivity contribution in [3.05, 3.63) is 34.9 Å². The highest BCUT2D eigenvalue weighted by Gasteiger charge is 2.77. The summed E-state index contributed by atoms with van der Waals surface area (Å²) in [7, 11) is 0. The largest absolute Gasteiger partial charge is 0.455 e. The highest BCUT2D eigenvalue weighted by Crippen LogP contribution is 2.70. The van der Waals surface area contributed by atoms with E-state index in [4.69, 9.17) is 4.74 Å². The first kappa shape index (κ1) is 24.9. The summed E-state index contributed by atoms with van der Waals surface area (Å²) >= 11 is 0. The minimum absolute atomic E-state index is 0.0667. The fourth-order valence-electron chi connectivity index (χ4n) is 8.53. The number of esters is 1. The summed E-state index contributed by atoms with van der Waals surface area (Å²) in [6.07, 6.45) is 5.11. The molecule has 0 aromatic carbocycles. The van der Waals surface area contributed by atoms with E-state index >= 15 is 0 Å². The molecule has 5 rings (SSSR count). The Morgan fingerprint density at radius 1 is 1.09 bits per heavy atom. The molecule has 4 N–H and O–H groups in total. The Hall–Kier alpha value is -1.80. The minimum atomic E-state index is -1.82. The lowest BCUT2D eigenvalue weighted by Crippen LogP contribution is -2.72. The second-order valence-electron chi connectivity index (χ2n) is 12.3. The van der Waals surface area contributed by atoms with Crippen molar-refractivity contribution >= 4 is 11.8 Å². The first-order valence-corrected chi connectivity index (χ1v) is 12.8. The van der Waals surface area contributed by atoms with Gasteiger partial charge in [-0.05, 0) is 83.3 Å². The second-order valence-corrected chi connectivity index (χ2v) is 12.3.